The molecule has 25 heavy (non-hydrogen) atoms. The zero-order valence-electron chi connectivity index (χ0n) is 13.4. The summed E-state index contributed by atoms with van der Waals surface area (Å²) in [5.74, 6) is -0.215. The van der Waals surface area contributed by atoms with Gasteiger partial charge in [-0.3, -0.25) is 0 Å². The second-order valence-corrected chi connectivity index (χ2v) is 13.4. The lowest BCUT2D eigenvalue weighted by Gasteiger charge is -2.28. The van der Waals surface area contributed by atoms with Crippen molar-refractivity contribution in [3.8, 4) is 0 Å². The van der Waals surface area contributed by atoms with Gasteiger partial charge in [-0.15, -0.1) is 0 Å². The average Bonchev–Trinajstić information content (AvgIpc) is 3.21. The van der Waals surface area contributed by atoms with E-state index in [9.17, 15) is 25.3 Å². The predicted octanol–water partition coefficient (Wildman–Crippen LogP) is 1.19. The van der Waals surface area contributed by atoms with Gasteiger partial charge in [-0.05, 0) is 53.4 Å². The molecule has 0 amide bonds. The van der Waals surface area contributed by atoms with E-state index in [1.54, 1.807) is 0 Å². The van der Waals surface area contributed by atoms with Crippen LogP contribution >= 0.6 is 15.9 Å². The van der Waals surface area contributed by atoms with E-state index in [0.29, 0.717) is 12.8 Å². The van der Waals surface area contributed by atoms with Gasteiger partial charge in [0.25, 0.3) is 0 Å². The molecule has 0 spiro atoms. The fraction of sp³-hybridized carbons (Fsp3) is 0.571. The van der Waals surface area contributed by atoms with Crippen molar-refractivity contribution in [1.29, 1.82) is 0 Å². The topological polar surface area (TPSA) is 106 Å². The van der Waals surface area contributed by atoms with Crippen LogP contribution in [-0.4, -0.2) is 59.4 Å². The first-order valence-corrected chi connectivity index (χ1v) is 13.6. The first kappa shape index (κ1) is 19.3. The monoisotopic (exact) mass is 471 g/mol. The van der Waals surface area contributed by atoms with Crippen LogP contribution in [0.2, 0.25) is 0 Å². The third-order valence-electron chi connectivity index (χ3n) is 4.36. The van der Waals surface area contributed by atoms with Gasteiger partial charge in [0.2, 0.25) is 10.0 Å². The third-order valence-corrected chi connectivity index (χ3v) is 10.2. The lowest BCUT2D eigenvalue weighted by molar-refractivity contribution is 0.332. The summed E-state index contributed by atoms with van der Waals surface area (Å²) >= 11 is 3.18. The van der Waals surface area contributed by atoms with Crippen molar-refractivity contribution in [1.82, 2.24) is 4.31 Å². The van der Waals surface area contributed by atoms with E-state index in [4.69, 9.17) is 0 Å². The van der Waals surface area contributed by atoms with Crippen LogP contribution in [0.3, 0.4) is 0 Å². The van der Waals surface area contributed by atoms with Crippen molar-refractivity contribution in [3.05, 3.63) is 22.7 Å². The molecule has 1 aliphatic carbocycles. The maximum absolute atomic E-state index is 13.2. The SMILES string of the molecule is CS(=O)(=O)c1ccc(Br)c(S(=O)(=O)N(C2CC2)C2CCS(=O)(=O)C2)c1. The summed E-state index contributed by atoms with van der Waals surface area (Å²) in [4.78, 5) is -0.240. The molecule has 2 fully saturated rings. The number of rotatable bonds is 5. The molecule has 3 rings (SSSR count). The first-order valence-electron chi connectivity index (χ1n) is 7.65. The van der Waals surface area contributed by atoms with Crippen molar-refractivity contribution in [2.24, 2.45) is 0 Å². The minimum atomic E-state index is -4.03. The maximum atomic E-state index is 13.2. The number of nitrogens with zero attached hydrogens (tertiary/aromatic N) is 1. The molecule has 11 heteroatoms. The molecular formula is C14H18BrNO6S3. The highest BCUT2D eigenvalue weighted by atomic mass is 79.9. The average molecular weight is 472 g/mol. The van der Waals surface area contributed by atoms with E-state index in [1.807, 2.05) is 0 Å². The van der Waals surface area contributed by atoms with Crippen LogP contribution in [0.25, 0.3) is 0 Å². The highest BCUT2D eigenvalue weighted by molar-refractivity contribution is 9.10. The maximum Gasteiger partial charge on any atom is 0.244 e. The fourth-order valence-corrected chi connectivity index (χ4v) is 8.40. The van der Waals surface area contributed by atoms with Crippen LogP contribution in [0.1, 0.15) is 19.3 Å². The van der Waals surface area contributed by atoms with Crippen LogP contribution in [0.15, 0.2) is 32.5 Å². The Morgan fingerprint density at radius 2 is 1.72 bits per heavy atom. The summed E-state index contributed by atoms with van der Waals surface area (Å²) in [5.41, 5.74) is 0. The molecule has 2 aliphatic rings. The fourth-order valence-electron chi connectivity index (χ4n) is 3.02. The Hall–Kier alpha value is -0.490. The normalized spacial score (nSPS) is 23.9. The number of sulfone groups is 2. The molecule has 1 unspecified atom stereocenters. The van der Waals surface area contributed by atoms with E-state index in [1.165, 1.54) is 16.4 Å². The van der Waals surface area contributed by atoms with E-state index in [2.05, 4.69) is 15.9 Å². The van der Waals surface area contributed by atoms with Crippen LogP contribution in [0.5, 0.6) is 0 Å². The predicted molar refractivity (Wildman–Crippen MR) is 96.4 cm³/mol. The molecule has 7 nitrogen and oxygen atoms in total. The minimum Gasteiger partial charge on any atom is -0.229 e. The van der Waals surface area contributed by atoms with Gasteiger partial charge in [0, 0.05) is 22.8 Å². The quantitative estimate of drug-likeness (QED) is 0.638. The number of hydrogen-bond donors (Lipinski definition) is 0. The summed E-state index contributed by atoms with van der Waals surface area (Å²) in [7, 11) is -10.8. The van der Waals surface area contributed by atoms with Crippen LogP contribution < -0.4 is 0 Å². The first-order chi connectivity index (χ1) is 11.4. The van der Waals surface area contributed by atoms with Crippen LogP contribution in [0.4, 0.5) is 0 Å². The molecule has 0 radical (unpaired) electrons. The summed E-state index contributed by atoms with van der Waals surface area (Å²) in [5, 5.41) is 0. The Bertz CT molecular complexity index is 1010. The Morgan fingerprint density at radius 3 is 2.20 bits per heavy atom. The summed E-state index contributed by atoms with van der Waals surface area (Å²) < 4.78 is 75.1. The molecular weight excluding hydrogens is 454 g/mol. The van der Waals surface area contributed by atoms with Crippen molar-refractivity contribution < 1.29 is 25.3 Å². The Morgan fingerprint density at radius 1 is 1.08 bits per heavy atom. The molecule has 1 saturated carbocycles. The molecule has 0 bridgehead atoms. The zero-order chi connectivity index (χ0) is 18.6. The summed E-state index contributed by atoms with van der Waals surface area (Å²) in [6.45, 7) is 0. The summed E-state index contributed by atoms with van der Waals surface area (Å²) in [6.07, 6.45) is 2.63. The number of hydrogen-bond acceptors (Lipinski definition) is 6. The molecule has 1 aromatic rings. The van der Waals surface area contributed by atoms with Gasteiger partial charge in [-0.1, -0.05) is 0 Å². The lowest BCUT2D eigenvalue weighted by atomic mass is 10.2. The second-order valence-electron chi connectivity index (χ2n) is 6.49. The number of halogens is 1. The molecule has 1 saturated heterocycles. The number of sulfonamides is 1. The Balaban J connectivity index is 2.08. The second kappa shape index (κ2) is 6.29. The van der Waals surface area contributed by atoms with Crippen molar-refractivity contribution in [2.75, 3.05) is 17.8 Å². The van der Waals surface area contributed by atoms with Gasteiger partial charge < -0.3 is 0 Å². The number of benzene rings is 1. The largest absolute Gasteiger partial charge is 0.244 e. The molecule has 0 N–H and O–H groups in total. The summed E-state index contributed by atoms with van der Waals surface area (Å²) in [6, 6.07) is 3.03. The highest BCUT2D eigenvalue weighted by Crippen LogP contribution is 2.39. The van der Waals surface area contributed by atoms with E-state index >= 15 is 0 Å². The van der Waals surface area contributed by atoms with Gasteiger partial charge in [0.1, 0.15) is 0 Å². The van der Waals surface area contributed by atoms with E-state index < -0.39 is 35.7 Å². The smallest absolute Gasteiger partial charge is 0.229 e. The molecule has 1 aliphatic heterocycles. The minimum absolute atomic E-state index is 0.0268. The molecule has 1 atom stereocenters. The van der Waals surface area contributed by atoms with E-state index in [-0.39, 0.29) is 38.2 Å². The van der Waals surface area contributed by atoms with E-state index in [0.717, 1.165) is 12.3 Å². The van der Waals surface area contributed by atoms with Crippen molar-refractivity contribution in [2.45, 2.75) is 41.1 Å². The third kappa shape index (κ3) is 3.95. The highest BCUT2D eigenvalue weighted by Gasteiger charge is 2.46. The molecule has 1 aromatic carbocycles. The lowest BCUT2D eigenvalue weighted by Crippen LogP contribution is -2.42. The van der Waals surface area contributed by atoms with Gasteiger partial charge >= 0.3 is 0 Å². The molecule has 140 valence electrons. The zero-order valence-corrected chi connectivity index (χ0v) is 17.5. The van der Waals surface area contributed by atoms with Gasteiger partial charge in [0.05, 0.1) is 21.3 Å². The van der Waals surface area contributed by atoms with Gasteiger partial charge in [0.15, 0.2) is 19.7 Å². The Kier molecular flexibility index (Phi) is 4.85. The molecule has 1 heterocycles. The van der Waals surface area contributed by atoms with Crippen LogP contribution in [0, 0.1) is 0 Å². The van der Waals surface area contributed by atoms with Crippen LogP contribution in [-0.2, 0) is 29.7 Å². The Labute approximate surface area is 156 Å². The van der Waals surface area contributed by atoms with Crippen molar-refractivity contribution in [3.63, 3.8) is 0 Å². The standard InChI is InChI=1S/C14H18BrNO6S3/c1-23(17,18)12-4-5-13(15)14(8-12)25(21,22)16(10-2-3-10)11-6-7-24(19,20)9-11/h4-5,8,10-11H,2-3,6-7,9H2,1H3. The van der Waals surface area contributed by atoms with Gasteiger partial charge in [-0.25, -0.2) is 25.3 Å². The van der Waals surface area contributed by atoms with Crippen molar-refractivity contribution >= 4 is 45.6 Å². The molecule has 0 aromatic heterocycles. The van der Waals surface area contributed by atoms with Gasteiger partial charge in [-0.2, -0.15) is 4.31 Å².